The molecule has 0 saturated heterocycles. The number of benzene rings is 2. The van der Waals surface area contributed by atoms with Gasteiger partial charge in [0.25, 0.3) is 0 Å². The Hall–Kier alpha value is -1.52. The number of carbonyl (C=O) groups excluding carboxylic acids is 1. The number of hydrogen-bond donors (Lipinski definition) is 0. The molecule has 0 radical (unpaired) electrons. The van der Waals surface area contributed by atoms with Crippen molar-refractivity contribution in [3.05, 3.63) is 57.0 Å². The van der Waals surface area contributed by atoms with Crippen molar-refractivity contribution in [3.63, 3.8) is 0 Å². The number of ether oxygens (including phenoxy) is 2. The summed E-state index contributed by atoms with van der Waals surface area (Å²) in [5.41, 5.74) is 1.01. The first kappa shape index (κ1) is 14.9. The van der Waals surface area contributed by atoms with Crippen molar-refractivity contribution in [2.45, 2.75) is 0 Å². The average molecular weight is 356 g/mol. The molecule has 5 heteroatoms. The van der Waals surface area contributed by atoms with Gasteiger partial charge in [-0.05, 0) is 52.3 Å². The molecule has 0 spiro atoms. The van der Waals surface area contributed by atoms with Crippen LogP contribution < -0.4 is 9.47 Å². The van der Waals surface area contributed by atoms with E-state index in [0.717, 1.165) is 0 Å². The van der Waals surface area contributed by atoms with E-state index >= 15 is 0 Å². The second-order valence-corrected chi connectivity index (χ2v) is 5.23. The molecule has 104 valence electrons. The van der Waals surface area contributed by atoms with E-state index in [1.165, 1.54) is 7.11 Å². The van der Waals surface area contributed by atoms with Crippen molar-refractivity contribution >= 4 is 33.3 Å². The molecule has 0 fully saturated rings. The minimum absolute atomic E-state index is 0.137. The Bertz CT molecular complexity index is 638. The van der Waals surface area contributed by atoms with Crippen LogP contribution >= 0.6 is 27.5 Å². The lowest BCUT2D eigenvalue weighted by molar-refractivity contribution is 0.103. The Labute approximate surface area is 130 Å². The van der Waals surface area contributed by atoms with E-state index in [1.807, 2.05) is 0 Å². The first-order valence-electron chi connectivity index (χ1n) is 5.79. The maximum absolute atomic E-state index is 12.5. The molecule has 3 nitrogen and oxygen atoms in total. The highest BCUT2D eigenvalue weighted by Crippen LogP contribution is 2.38. The summed E-state index contributed by atoms with van der Waals surface area (Å²) < 4.78 is 11.1. The van der Waals surface area contributed by atoms with Gasteiger partial charge in [0.1, 0.15) is 16.0 Å². The van der Waals surface area contributed by atoms with E-state index in [9.17, 15) is 4.79 Å². The Morgan fingerprint density at radius 2 is 1.70 bits per heavy atom. The lowest BCUT2D eigenvalue weighted by Gasteiger charge is -2.12. The lowest BCUT2D eigenvalue weighted by atomic mass is 10.0. The number of halogens is 2. The fourth-order valence-corrected chi connectivity index (χ4v) is 2.63. The number of carbonyl (C=O) groups is 1. The number of ketones is 1. The number of hydrogen-bond acceptors (Lipinski definition) is 3. The van der Waals surface area contributed by atoms with Gasteiger partial charge in [0.15, 0.2) is 5.78 Å². The Balaban J connectivity index is 2.49. The zero-order valence-electron chi connectivity index (χ0n) is 10.9. The predicted octanol–water partition coefficient (Wildman–Crippen LogP) is 4.35. The van der Waals surface area contributed by atoms with Crippen molar-refractivity contribution in [2.24, 2.45) is 0 Å². The smallest absolute Gasteiger partial charge is 0.196 e. The van der Waals surface area contributed by atoms with Crippen molar-refractivity contribution < 1.29 is 14.3 Å². The standard InChI is InChI=1S/C15H12BrClO3/c1-19-12-8-7-11(15(20-2)13(12)16)14(18)9-3-5-10(17)6-4-9/h3-8H,1-2H3. The minimum Gasteiger partial charge on any atom is -0.495 e. The summed E-state index contributed by atoms with van der Waals surface area (Å²) in [6.07, 6.45) is 0. The van der Waals surface area contributed by atoms with E-state index in [2.05, 4.69) is 15.9 Å². The van der Waals surface area contributed by atoms with Crippen LogP contribution in [0.15, 0.2) is 40.9 Å². The molecule has 0 amide bonds. The first-order valence-corrected chi connectivity index (χ1v) is 6.96. The van der Waals surface area contributed by atoms with Crippen molar-refractivity contribution in [2.75, 3.05) is 14.2 Å². The van der Waals surface area contributed by atoms with Crippen molar-refractivity contribution in [1.29, 1.82) is 0 Å². The molecule has 20 heavy (non-hydrogen) atoms. The van der Waals surface area contributed by atoms with E-state index in [1.54, 1.807) is 43.5 Å². The molecule has 0 aliphatic heterocycles. The number of rotatable bonds is 4. The van der Waals surface area contributed by atoms with Crippen LogP contribution in [0.1, 0.15) is 15.9 Å². The maximum Gasteiger partial charge on any atom is 0.196 e. The molecule has 2 aromatic rings. The van der Waals surface area contributed by atoms with E-state index in [4.69, 9.17) is 21.1 Å². The lowest BCUT2D eigenvalue weighted by Crippen LogP contribution is -2.05. The maximum atomic E-state index is 12.5. The normalized spacial score (nSPS) is 10.2. The van der Waals surface area contributed by atoms with Crippen LogP contribution in [-0.2, 0) is 0 Å². The topological polar surface area (TPSA) is 35.5 Å². The molecule has 0 unspecified atom stereocenters. The molecule has 0 aliphatic rings. The van der Waals surface area contributed by atoms with Crippen LogP contribution in [0.2, 0.25) is 5.02 Å². The van der Waals surface area contributed by atoms with Crippen LogP contribution in [0.4, 0.5) is 0 Å². The molecule has 0 N–H and O–H groups in total. The Morgan fingerprint density at radius 3 is 2.25 bits per heavy atom. The Kier molecular flexibility index (Phi) is 4.68. The van der Waals surface area contributed by atoms with Gasteiger partial charge < -0.3 is 9.47 Å². The van der Waals surface area contributed by atoms with E-state index < -0.39 is 0 Å². The Morgan fingerprint density at radius 1 is 1.05 bits per heavy atom. The van der Waals surface area contributed by atoms with Crippen molar-refractivity contribution in [1.82, 2.24) is 0 Å². The second kappa shape index (κ2) is 6.29. The fraction of sp³-hybridized carbons (Fsp3) is 0.133. The summed E-state index contributed by atoms with van der Waals surface area (Å²) in [4.78, 5) is 12.5. The summed E-state index contributed by atoms with van der Waals surface area (Å²) >= 11 is 9.21. The van der Waals surface area contributed by atoms with Gasteiger partial charge in [-0.2, -0.15) is 0 Å². The summed E-state index contributed by atoms with van der Waals surface area (Å²) in [5, 5.41) is 0.587. The van der Waals surface area contributed by atoms with Crippen LogP contribution in [-0.4, -0.2) is 20.0 Å². The van der Waals surface area contributed by atoms with Crippen LogP contribution in [0.3, 0.4) is 0 Å². The third-order valence-electron chi connectivity index (χ3n) is 2.84. The van der Waals surface area contributed by atoms with Gasteiger partial charge in [-0.1, -0.05) is 11.6 Å². The molecule has 2 aromatic carbocycles. The van der Waals surface area contributed by atoms with Gasteiger partial charge in [0.05, 0.1) is 19.8 Å². The zero-order valence-corrected chi connectivity index (χ0v) is 13.3. The molecule has 2 rings (SSSR count). The SMILES string of the molecule is COc1ccc(C(=O)c2ccc(Cl)cc2)c(OC)c1Br. The van der Waals surface area contributed by atoms with Gasteiger partial charge in [-0.15, -0.1) is 0 Å². The highest BCUT2D eigenvalue weighted by molar-refractivity contribution is 9.10. The van der Waals surface area contributed by atoms with Crippen molar-refractivity contribution in [3.8, 4) is 11.5 Å². The quantitative estimate of drug-likeness (QED) is 0.765. The van der Waals surface area contributed by atoms with Gasteiger partial charge in [0.2, 0.25) is 0 Å². The predicted molar refractivity (Wildman–Crippen MR) is 82.1 cm³/mol. The first-order chi connectivity index (χ1) is 9.58. The fourth-order valence-electron chi connectivity index (χ4n) is 1.83. The molecular formula is C15H12BrClO3. The van der Waals surface area contributed by atoms with Crippen LogP contribution in [0, 0.1) is 0 Å². The average Bonchev–Trinajstić information content (AvgIpc) is 2.47. The third-order valence-corrected chi connectivity index (χ3v) is 3.84. The molecule has 0 bridgehead atoms. The zero-order chi connectivity index (χ0) is 14.7. The third kappa shape index (κ3) is 2.81. The van der Waals surface area contributed by atoms with E-state index in [-0.39, 0.29) is 5.78 Å². The van der Waals surface area contributed by atoms with Crippen LogP contribution in [0.25, 0.3) is 0 Å². The number of methoxy groups -OCH3 is 2. The molecule has 0 atom stereocenters. The van der Waals surface area contributed by atoms with Crippen LogP contribution in [0.5, 0.6) is 11.5 Å². The largest absolute Gasteiger partial charge is 0.495 e. The minimum atomic E-state index is -0.137. The highest BCUT2D eigenvalue weighted by atomic mass is 79.9. The van der Waals surface area contributed by atoms with Gasteiger partial charge in [0, 0.05) is 10.6 Å². The summed E-state index contributed by atoms with van der Waals surface area (Å²) in [7, 11) is 3.07. The molecule has 0 heterocycles. The molecular weight excluding hydrogens is 344 g/mol. The van der Waals surface area contributed by atoms with Gasteiger partial charge in [-0.3, -0.25) is 4.79 Å². The van der Waals surface area contributed by atoms with Gasteiger partial charge in [-0.25, -0.2) is 0 Å². The summed E-state index contributed by atoms with van der Waals surface area (Å²) in [6.45, 7) is 0. The molecule has 0 aromatic heterocycles. The monoisotopic (exact) mass is 354 g/mol. The molecule has 0 aliphatic carbocycles. The second-order valence-electron chi connectivity index (χ2n) is 4.00. The van der Waals surface area contributed by atoms with E-state index in [0.29, 0.717) is 32.1 Å². The summed E-state index contributed by atoms with van der Waals surface area (Å²) in [6, 6.07) is 10.1. The molecule has 0 saturated carbocycles. The summed E-state index contributed by atoms with van der Waals surface area (Å²) in [5.74, 6) is 0.917. The highest BCUT2D eigenvalue weighted by Gasteiger charge is 2.19. The van der Waals surface area contributed by atoms with Gasteiger partial charge >= 0.3 is 0 Å².